The Labute approximate surface area is 198 Å². The zero-order valence-electron chi connectivity index (χ0n) is 18.5. The van der Waals surface area contributed by atoms with Gasteiger partial charge in [-0.05, 0) is 47.9 Å². The smallest absolute Gasteiger partial charge is 0.417 e. The van der Waals surface area contributed by atoms with Crippen molar-refractivity contribution in [1.82, 2.24) is 9.97 Å². The van der Waals surface area contributed by atoms with Crippen LogP contribution in [-0.2, 0) is 17.5 Å². The number of carbonyl (C=O) groups is 1. The zero-order valence-corrected chi connectivity index (χ0v) is 18.5. The molecule has 3 aromatic carbocycles. The van der Waals surface area contributed by atoms with Crippen molar-refractivity contribution in [2.24, 2.45) is 0 Å². The molecule has 0 fully saturated rings. The van der Waals surface area contributed by atoms with E-state index in [4.69, 9.17) is 9.47 Å². The van der Waals surface area contributed by atoms with Crippen molar-refractivity contribution >= 4 is 5.97 Å². The first-order valence-corrected chi connectivity index (χ1v) is 10.7. The normalized spacial score (nSPS) is 11.3. The Balaban J connectivity index is 1.49. The molecule has 35 heavy (non-hydrogen) atoms. The number of hydrogen-bond acceptors (Lipinski definition) is 4. The number of alkyl halides is 3. The number of esters is 1. The van der Waals surface area contributed by atoms with Crippen molar-refractivity contribution in [3.63, 3.8) is 0 Å². The summed E-state index contributed by atoms with van der Waals surface area (Å²) in [5, 5.41) is 0. The van der Waals surface area contributed by atoms with E-state index in [0.29, 0.717) is 11.3 Å². The molecular weight excluding hydrogens is 464 g/mol. The molecule has 4 aromatic rings. The SMILES string of the molecule is CCOC(=O)c1ncc(-c2ccc(COc3ccc(-c4ccccc4F)c(C(F)(F)F)c3)cc2)[nH]1. The molecule has 1 heterocycles. The largest absolute Gasteiger partial charge is 0.489 e. The monoisotopic (exact) mass is 484 g/mol. The summed E-state index contributed by atoms with van der Waals surface area (Å²) in [6, 6.07) is 15.8. The number of halogens is 4. The lowest BCUT2D eigenvalue weighted by Crippen LogP contribution is -2.08. The molecule has 9 heteroatoms. The van der Waals surface area contributed by atoms with E-state index in [2.05, 4.69) is 9.97 Å². The first kappa shape index (κ1) is 24.0. The van der Waals surface area contributed by atoms with Crippen LogP contribution < -0.4 is 4.74 Å². The number of imidazole rings is 1. The first-order chi connectivity index (χ1) is 16.8. The number of benzene rings is 3. The van der Waals surface area contributed by atoms with Crippen LogP contribution in [-0.4, -0.2) is 22.5 Å². The van der Waals surface area contributed by atoms with E-state index >= 15 is 0 Å². The molecular formula is C26H20F4N2O3. The minimum absolute atomic E-state index is 0.00846. The van der Waals surface area contributed by atoms with Gasteiger partial charge in [-0.3, -0.25) is 0 Å². The maximum absolute atomic E-state index is 14.1. The van der Waals surface area contributed by atoms with E-state index in [9.17, 15) is 22.4 Å². The summed E-state index contributed by atoms with van der Waals surface area (Å²) in [6.45, 7) is 1.96. The fraction of sp³-hybridized carbons (Fsp3) is 0.154. The molecule has 0 aliphatic heterocycles. The standard InChI is InChI=1S/C26H20F4N2O3/c1-2-34-25(33)24-31-14-23(32-24)17-9-7-16(8-10-17)15-35-18-11-12-19(21(13-18)26(28,29)30)20-5-3-4-6-22(20)27/h3-14H,2,15H2,1H3,(H,31,32). The predicted octanol–water partition coefficient (Wildman–Crippen LogP) is 6.66. The van der Waals surface area contributed by atoms with E-state index < -0.39 is 23.5 Å². The van der Waals surface area contributed by atoms with Crippen molar-refractivity contribution < 1.29 is 31.8 Å². The first-order valence-electron chi connectivity index (χ1n) is 10.7. The van der Waals surface area contributed by atoms with Gasteiger partial charge >= 0.3 is 12.1 Å². The van der Waals surface area contributed by atoms with Gasteiger partial charge in [0.15, 0.2) is 0 Å². The van der Waals surface area contributed by atoms with Crippen LogP contribution >= 0.6 is 0 Å². The molecule has 180 valence electrons. The van der Waals surface area contributed by atoms with Gasteiger partial charge in [-0.25, -0.2) is 14.2 Å². The zero-order chi connectivity index (χ0) is 25.0. The highest BCUT2D eigenvalue weighted by Gasteiger charge is 2.34. The molecule has 0 saturated heterocycles. The van der Waals surface area contributed by atoms with E-state index in [1.165, 1.54) is 36.5 Å². The molecule has 4 rings (SSSR count). The summed E-state index contributed by atoms with van der Waals surface area (Å²) in [7, 11) is 0. The molecule has 5 nitrogen and oxygen atoms in total. The summed E-state index contributed by atoms with van der Waals surface area (Å²) < 4.78 is 65.7. The van der Waals surface area contributed by atoms with Gasteiger partial charge in [0.1, 0.15) is 18.2 Å². The minimum atomic E-state index is -4.69. The van der Waals surface area contributed by atoms with Gasteiger partial charge in [-0.1, -0.05) is 42.5 Å². The molecule has 0 radical (unpaired) electrons. The second-order valence-electron chi connectivity index (χ2n) is 7.54. The average molecular weight is 484 g/mol. The second kappa shape index (κ2) is 10.0. The Morgan fingerprint density at radius 2 is 1.74 bits per heavy atom. The summed E-state index contributed by atoms with van der Waals surface area (Å²) >= 11 is 0. The van der Waals surface area contributed by atoms with Gasteiger partial charge < -0.3 is 14.5 Å². The molecule has 1 aromatic heterocycles. The average Bonchev–Trinajstić information content (AvgIpc) is 3.34. The Morgan fingerprint density at radius 3 is 2.43 bits per heavy atom. The minimum Gasteiger partial charge on any atom is -0.489 e. The maximum Gasteiger partial charge on any atom is 0.417 e. The third kappa shape index (κ3) is 5.51. The van der Waals surface area contributed by atoms with Crippen LogP contribution in [0.5, 0.6) is 5.75 Å². The molecule has 1 N–H and O–H groups in total. The molecule has 0 unspecified atom stereocenters. The van der Waals surface area contributed by atoms with Crippen molar-refractivity contribution in [1.29, 1.82) is 0 Å². The summed E-state index contributed by atoms with van der Waals surface area (Å²) in [5.41, 5.74) is 0.711. The highest BCUT2D eigenvalue weighted by molar-refractivity contribution is 5.86. The topological polar surface area (TPSA) is 64.2 Å². The van der Waals surface area contributed by atoms with Crippen molar-refractivity contribution in [2.75, 3.05) is 6.61 Å². The van der Waals surface area contributed by atoms with Gasteiger partial charge in [0, 0.05) is 5.56 Å². The summed E-state index contributed by atoms with van der Waals surface area (Å²) in [6.07, 6.45) is -3.18. The number of nitrogens with one attached hydrogen (secondary N) is 1. The number of carbonyl (C=O) groups excluding carboxylic acids is 1. The lowest BCUT2D eigenvalue weighted by molar-refractivity contribution is -0.137. The van der Waals surface area contributed by atoms with E-state index in [1.807, 2.05) is 0 Å². The molecule has 0 bridgehead atoms. The van der Waals surface area contributed by atoms with E-state index in [1.54, 1.807) is 31.2 Å². The fourth-order valence-electron chi connectivity index (χ4n) is 3.48. The summed E-state index contributed by atoms with van der Waals surface area (Å²) in [4.78, 5) is 18.6. The molecule has 0 atom stereocenters. The lowest BCUT2D eigenvalue weighted by atomic mass is 9.98. The van der Waals surface area contributed by atoms with Gasteiger partial charge in [-0.15, -0.1) is 0 Å². The predicted molar refractivity (Wildman–Crippen MR) is 121 cm³/mol. The van der Waals surface area contributed by atoms with Crippen molar-refractivity contribution in [3.8, 4) is 28.1 Å². The van der Waals surface area contributed by atoms with Gasteiger partial charge in [0.05, 0.1) is 24.1 Å². The van der Waals surface area contributed by atoms with Crippen molar-refractivity contribution in [3.05, 3.63) is 95.7 Å². The number of aromatic nitrogens is 2. The third-order valence-corrected chi connectivity index (χ3v) is 5.18. The van der Waals surface area contributed by atoms with Crippen LogP contribution in [0.3, 0.4) is 0 Å². The number of H-pyrrole nitrogens is 1. The Kier molecular flexibility index (Phi) is 6.86. The van der Waals surface area contributed by atoms with E-state index in [-0.39, 0.29) is 35.9 Å². The van der Waals surface area contributed by atoms with Crippen LogP contribution in [0.2, 0.25) is 0 Å². The fourth-order valence-corrected chi connectivity index (χ4v) is 3.48. The highest BCUT2D eigenvalue weighted by Crippen LogP contribution is 2.40. The lowest BCUT2D eigenvalue weighted by Gasteiger charge is -2.16. The number of rotatable bonds is 7. The third-order valence-electron chi connectivity index (χ3n) is 5.18. The number of ether oxygens (including phenoxy) is 2. The van der Waals surface area contributed by atoms with Gasteiger partial charge in [-0.2, -0.15) is 13.2 Å². The quantitative estimate of drug-likeness (QED) is 0.235. The van der Waals surface area contributed by atoms with Crippen LogP contribution in [0.25, 0.3) is 22.4 Å². The highest BCUT2D eigenvalue weighted by atomic mass is 19.4. The Bertz CT molecular complexity index is 1330. The Morgan fingerprint density at radius 1 is 1.00 bits per heavy atom. The molecule has 0 spiro atoms. The van der Waals surface area contributed by atoms with Crippen LogP contribution in [0.4, 0.5) is 17.6 Å². The summed E-state index contributed by atoms with van der Waals surface area (Å²) in [5.74, 6) is -1.19. The van der Waals surface area contributed by atoms with E-state index in [0.717, 1.165) is 17.7 Å². The molecule has 0 saturated carbocycles. The molecule has 0 aliphatic carbocycles. The molecule has 0 aliphatic rings. The van der Waals surface area contributed by atoms with Crippen molar-refractivity contribution in [2.45, 2.75) is 19.7 Å². The van der Waals surface area contributed by atoms with Crippen LogP contribution in [0.1, 0.15) is 28.7 Å². The van der Waals surface area contributed by atoms with Crippen LogP contribution in [0.15, 0.2) is 72.9 Å². The number of aromatic amines is 1. The van der Waals surface area contributed by atoms with Crippen LogP contribution in [0, 0.1) is 5.82 Å². The maximum atomic E-state index is 14.1. The molecule has 0 amide bonds. The van der Waals surface area contributed by atoms with Gasteiger partial charge in [0.25, 0.3) is 0 Å². The second-order valence-corrected chi connectivity index (χ2v) is 7.54. The van der Waals surface area contributed by atoms with Gasteiger partial charge in [0.2, 0.25) is 5.82 Å². The number of nitrogens with zero attached hydrogens (tertiary/aromatic N) is 1. The number of hydrogen-bond donors (Lipinski definition) is 1. The Hall–Kier alpha value is -4.14.